The highest BCUT2D eigenvalue weighted by atomic mass is 16.3. The van der Waals surface area contributed by atoms with E-state index in [4.69, 9.17) is 8.83 Å². The van der Waals surface area contributed by atoms with Crippen LogP contribution in [0.25, 0.3) is 77.1 Å². The third-order valence-corrected chi connectivity index (χ3v) is 13.6. The van der Waals surface area contributed by atoms with Gasteiger partial charge in [0.05, 0.1) is 16.9 Å². The minimum Gasteiger partial charge on any atom is -0.458 e. The molecule has 5 nitrogen and oxygen atoms in total. The highest BCUT2D eigenvalue weighted by molar-refractivity contribution is 6.35. The van der Waals surface area contributed by atoms with Crippen LogP contribution in [-0.2, 0) is 0 Å². The normalized spacial score (nSPS) is 12.3. The van der Waals surface area contributed by atoms with Crippen molar-refractivity contribution in [2.45, 2.75) is 46.5 Å². The lowest BCUT2D eigenvalue weighted by Crippen LogP contribution is -2.11. The Morgan fingerprint density at radius 2 is 0.955 bits per heavy atom. The van der Waals surface area contributed by atoms with Crippen LogP contribution in [-0.4, -0.2) is 4.40 Å². The zero-order valence-electron chi connectivity index (χ0n) is 37.8. The molecule has 320 valence electrons. The smallest absolute Gasteiger partial charge is 0.160 e. The van der Waals surface area contributed by atoms with Crippen LogP contribution in [0.2, 0.25) is 0 Å². The van der Waals surface area contributed by atoms with Crippen molar-refractivity contribution >= 4 is 111 Å². The molecule has 0 spiro atoms. The molecule has 4 heterocycles. The van der Waals surface area contributed by atoms with Crippen LogP contribution in [0, 0.1) is 6.92 Å². The number of allylic oxidation sites excluding steroid dienone is 2. The second-order valence-electron chi connectivity index (χ2n) is 18.1. The lowest BCUT2D eigenvalue weighted by atomic mass is 9.99. The molecule has 0 unspecified atom stereocenters. The van der Waals surface area contributed by atoms with Gasteiger partial charge < -0.3 is 23.0 Å². The van der Waals surface area contributed by atoms with Gasteiger partial charge in [0.2, 0.25) is 0 Å². The second-order valence-corrected chi connectivity index (χ2v) is 18.1. The topological polar surface area (TPSA) is 37.2 Å². The molecule has 5 heteroatoms. The molecule has 12 aromatic rings. The van der Waals surface area contributed by atoms with Crippen molar-refractivity contribution in [1.29, 1.82) is 0 Å². The maximum absolute atomic E-state index is 7.10. The van der Waals surface area contributed by atoms with Crippen molar-refractivity contribution in [3.8, 4) is 0 Å². The van der Waals surface area contributed by atoms with Crippen LogP contribution in [0.5, 0.6) is 0 Å². The third kappa shape index (κ3) is 5.93. The van der Waals surface area contributed by atoms with Gasteiger partial charge in [0.25, 0.3) is 0 Å². The van der Waals surface area contributed by atoms with E-state index < -0.39 is 0 Å². The number of nitrogens with zero attached hydrogens (tertiary/aromatic N) is 3. The van der Waals surface area contributed by atoms with Crippen molar-refractivity contribution < 1.29 is 8.83 Å². The Hall–Kier alpha value is -8.02. The summed E-state index contributed by atoms with van der Waals surface area (Å²) in [6, 6.07) is 59.5. The van der Waals surface area contributed by atoms with Crippen molar-refractivity contribution in [2.75, 3.05) is 9.80 Å². The van der Waals surface area contributed by atoms with Crippen LogP contribution < -0.4 is 9.80 Å². The van der Waals surface area contributed by atoms with E-state index in [1.165, 1.54) is 11.1 Å². The first-order valence-corrected chi connectivity index (χ1v) is 23.0. The fourth-order valence-corrected chi connectivity index (χ4v) is 10.4. The van der Waals surface area contributed by atoms with Gasteiger partial charge in [0, 0.05) is 66.0 Å². The fourth-order valence-electron chi connectivity index (χ4n) is 10.4. The maximum atomic E-state index is 7.10. The Kier molecular flexibility index (Phi) is 9.18. The molecule has 0 aliphatic heterocycles. The highest BCUT2D eigenvalue weighted by Crippen LogP contribution is 2.54. The minimum atomic E-state index is 0.409. The highest BCUT2D eigenvalue weighted by Gasteiger charge is 2.31. The van der Waals surface area contributed by atoms with Gasteiger partial charge >= 0.3 is 0 Å². The number of hydrogen-bond donors (Lipinski definition) is 0. The molecule has 66 heavy (non-hydrogen) atoms. The number of hydrogen-bond acceptors (Lipinski definition) is 4. The first-order chi connectivity index (χ1) is 32.3. The number of furan rings is 2. The number of rotatable bonds is 10. The summed E-state index contributed by atoms with van der Waals surface area (Å²) in [6.07, 6.45) is 5.95. The van der Waals surface area contributed by atoms with Crippen molar-refractivity contribution in [2.24, 2.45) is 0 Å². The van der Waals surface area contributed by atoms with Crippen LogP contribution in [0.15, 0.2) is 191 Å². The lowest BCUT2D eigenvalue weighted by molar-refractivity contribution is 0.579. The molecular formula is C61H49N3O2. The molecule has 0 fully saturated rings. The van der Waals surface area contributed by atoms with E-state index in [1.54, 1.807) is 0 Å². The quantitative estimate of drug-likeness (QED) is 0.128. The summed E-state index contributed by atoms with van der Waals surface area (Å²) < 4.78 is 16.6. The monoisotopic (exact) mass is 855 g/mol. The standard InChI is InChI=1S/C61H49N3O2/c1-7-8-22-46-39(6)65-60-50(46)35-52(62(42-18-11-9-12-19-42)44-31-27-40(28-32-44)37(2)3)55-48-24-17-25-49-56-53(63(43-20-13-10-14-21-43)45-33-29-41(30-34-45)38(4)5)36-51-47-23-15-16-26-54(47)66-61(51)59(56)64(57(48)49)58(55)60/h7-38H,1H2,2-6H3/b22-8-. The Morgan fingerprint density at radius 1 is 0.485 bits per heavy atom. The summed E-state index contributed by atoms with van der Waals surface area (Å²) in [5.41, 5.74) is 15.7. The van der Waals surface area contributed by atoms with Gasteiger partial charge in [0.1, 0.15) is 22.4 Å². The van der Waals surface area contributed by atoms with Gasteiger partial charge in [-0.15, -0.1) is 0 Å². The molecule has 8 aromatic carbocycles. The van der Waals surface area contributed by atoms with Crippen LogP contribution in [0.4, 0.5) is 34.1 Å². The lowest BCUT2D eigenvalue weighted by Gasteiger charge is -2.27. The molecule has 12 rings (SSSR count). The number of aromatic nitrogens is 1. The summed E-state index contributed by atoms with van der Waals surface area (Å²) in [7, 11) is 0. The molecule has 4 aromatic heterocycles. The predicted octanol–water partition coefficient (Wildman–Crippen LogP) is 18.2. The maximum Gasteiger partial charge on any atom is 0.160 e. The summed E-state index contributed by atoms with van der Waals surface area (Å²) in [6.45, 7) is 15.1. The van der Waals surface area contributed by atoms with Crippen LogP contribution >= 0.6 is 0 Å². The van der Waals surface area contributed by atoms with Gasteiger partial charge in [0.15, 0.2) is 11.2 Å². The number of anilines is 6. The average Bonchev–Trinajstić information content (AvgIpc) is 4.09. The van der Waals surface area contributed by atoms with Crippen LogP contribution in [0.1, 0.15) is 62.0 Å². The first kappa shape index (κ1) is 39.6. The van der Waals surface area contributed by atoms with Gasteiger partial charge in [-0.25, -0.2) is 0 Å². The predicted molar refractivity (Wildman–Crippen MR) is 280 cm³/mol. The molecule has 0 aliphatic rings. The Balaban J connectivity index is 1.30. The van der Waals surface area contributed by atoms with E-state index in [0.29, 0.717) is 11.8 Å². The number of benzene rings is 8. The van der Waals surface area contributed by atoms with Crippen molar-refractivity contribution in [3.05, 3.63) is 205 Å². The molecule has 0 aliphatic carbocycles. The molecule has 0 radical (unpaired) electrons. The first-order valence-electron chi connectivity index (χ1n) is 23.0. The molecule has 0 atom stereocenters. The third-order valence-electron chi connectivity index (χ3n) is 13.6. The summed E-state index contributed by atoms with van der Waals surface area (Å²) in [5, 5.41) is 7.63. The van der Waals surface area contributed by atoms with Gasteiger partial charge in [-0.05, 0) is 96.6 Å². The van der Waals surface area contributed by atoms with E-state index in [9.17, 15) is 0 Å². The molecule has 0 amide bonds. The van der Waals surface area contributed by atoms with Crippen LogP contribution in [0.3, 0.4) is 0 Å². The van der Waals surface area contributed by atoms with E-state index in [0.717, 1.165) is 116 Å². The number of fused-ring (bicyclic) bond motifs is 12. The average molecular weight is 856 g/mol. The number of para-hydroxylation sites is 4. The Morgan fingerprint density at radius 3 is 1.48 bits per heavy atom. The van der Waals surface area contributed by atoms with Gasteiger partial charge in [-0.3, -0.25) is 0 Å². The largest absolute Gasteiger partial charge is 0.458 e. The SMILES string of the molecule is C=C/C=C\c1c(C)oc2c1cc(N(c1ccccc1)c1ccc(C(C)C)cc1)c1c3cccc4c5c(N(c6ccccc6)c6ccc(C(C)C)cc6)cc6c7ccccc7oc6c5n(c34)c21. The van der Waals surface area contributed by atoms with Gasteiger partial charge in [-0.1, -0.05) is 150 Å². The summed E-state index contributed by atoms with van der Waals surface area (Å²) >= 11 is 0. The molecular weight excluding hydrogens is 807 g/mol. The van der Waals surface area contributed by atoms with Gasteiger partial charge in [-0.2, -0.15) is 0 Å². The van der Waals surface area contributed by atoms with Crippen molar-refractivity contribution in [3.63, 3.8) is 0 Å². The van der Waals surface area contributed by atoms with Crippen molar-refractivity contribution in [1.82, 2.24) is 4.40 Å². The Labute approximate surface area is 384 Å². The molecule has 0 saturated heterocycles. The minimum absolute atomic E-state index is 0.409. The number of aryl methyl sites for hydroxylation is 1. The summed E-state index contributed by atoms with van der Waals surface area (Å²) in [5.74, 6) is 1.66. The van der Waals surface area contributed by atoms with E-state index in [1.807, 2.05) is 12.2 Å². The molecule has 0 N–H and O–H groups in total. The Bertz CT molecular complexity index is 3830. The zero-order chi connectivity index (χ0) is 44.8. The van der Waals surface area contributed by atoms with E-state index in [2.05, 4.69) is 225 Å². The zero-order valence-corrected chi connectivity index (χ0v) is 37.8. The van der Waals surface area contributed by atoms with E-state index in [-0.39, 0.29) is 0 Å². The molecule has 0 saturated carbocycles. The molecule has 0 bridgehead atoms. The summed E-state index contributed by atoms with van der Waals surface area (Å²) in [4.78, 5) is 4.84. The van der Waals surface area contributed by atoms with E-state index >= 15 is 0 Å². The fraction of sp³-hybridized carbons (Fsp3) is 0.115. The second kappa shape index (κ2) is 15.3.